The zero-order valence-corrected chi connectivity index (χ0v) is 27.6. The summed E-state index contributed by atoms with van der Waals surface area (Å²) in [6, 6.07) is 63.1. The fourth-order valence-electron chi connectivity index (χ4n) is 8.33. The lowest BCUT2D eigenvalue weighted by Gasteiger charge is -2.16. The Hall–Kier alpha value is -6.77. The second kappa shape index (κ2) is 10.9. The van der Waals surface area contributed by atoms with E-state index in [2.05, 4.69) is 176 Å². The number of para-hydroxylation sites is 1. The highest BCUT2D eigenvalue weighted by molar-refractivity contribution is 6.29. The van der Waals surface area contributed by atoms with Crippen LogP contribution >= 0.6 is 0 Å². The molecule has 2 nitrogen and oxygen atoms in total. The number of hydrogen-bond acceptors (Lipinski definition) is 2. The van der Waals surface area contributed by atoms with Gasteiger partial charge in [0.1, 0.15) is 11.2 Å². The van der Waals surface area contributed by atoms with Crippen molar-refractivity contribution in [3.05, 3.63) is 176 Å². The predicted octanol–water partition coefficient (Wildman–Crippen LogP) is 13.7. The van der Waals surface area contributed by atoms with Gasteiger partial charge in [-0.25, -0.2) is 4.98 Å². The number of benzene rings is 9. The Bertz CT molecular complexity index is 3190. The van der Waals surface area contributed by atoms with Gasteiger partial charge in [-0.15, -0.1) is 0 Å². The molecule has 236 valence electrons. The molecule has 11 aromatic rings. The molecule has 0 spiro atoms. The quantitative estimate of drug-likeness (QED) is 0.178. The molecular weight excluding hydrogens is 619 g/mol. The minimum Gasteiger partial charge on any atom is -0.455 e. The molecule has 9 aromatic carbocycles. The van der Waals surface area contributed by atoms with E-state index in [0.717, 1.165) is 50.0 Å². The van der Waals surface area contributed by atoms with Crippen LogP contribution in [0.1, 0.15) is 0 Å². The highest BCUT2D eigenvalue weighted by Gasteiger charge is 2.20. The fourth-order valence-corrected chi connectivity index (χ4v) is 8.33. The summed E-state index contributed by atoms with van der Waals surface area (Å²) in [5.74, 6) is 0. The fraction of sp³-hybridized carbons (Fsp3) is 0. The van der Waals surface area contributed by atoms with Crippen molar-refractivity contribution in [1.29, 1.82) is 0 Å². The van der Waals surface area contributed by atoms with Gasteiger partial charge >= 0.3 is 0 Å². The second-order valence-electron chi connectivity index (χ2n) is 13.4. The van der Waals surface area contributed by atoms with Crippen molar-refractivity contribution in [1.82, 2.24) is 4.98 Å². The molecule has 0 unspecified atom stereocenters. The van der Waals surface area contributed by atoms with Crippen LogP contribution in [0.3, 0.4) is 0 Å². The molecule has 0 aliphatic heterocycles. The molecule has 2 heteroatoms. The van der Waals surface area contributed by atoms with Crippen molar-refractivity contribution in [3.63, 3.8) is 0 Å². The maximum atomic E-state index is 6.83. The summed E-state index contributed by atoms with van der Waals surface area (Å²) in [6.45, 7) is 0. The van der Waals surface area contributed by atoms with Gasteiger partial charge in [0.15, 0.2) is 0 Å². The van der Waals surface area contributed by atoms with E-state index in [0.29, 0.717) is 0 Å². The lowest BCUT2D eigenvalue weighted by atomic mass is 9.88. The molecule has 0 aliphatic rings. The Kier molecular flexibility index (Phi) is 5.99. The van der Waals surface area contributed by atoms with Crippen molar-refractivity contribution < 1.29 is 4.42 Å². The van der Waals surface area contributed by atoms with E-state index in [1.165, 1.54) is 59.4 Å². The van der Waals surface area contributed by atoms with Gasteiger partial charge in [0, 0.05) is 38.1 Å². The molecule has 2 heterocycles. The maximum Gasteiger partial charge on any atom is 0.143 e. The molecule has 11 rings (SSSR count). The lowest BCUT2D eigenvalue weighted by molar-refractivity contribution is 0.670. The van der Waals surface area contributed by atoms with E-state index in [1.807, 2.05) is 0 Å². The molecular formula is C49H29NO. The summed E-state index contributed by atoms with van der Waals surface area (Å²) in [5, 5.41) is 13.2. The first-order valence-corrected chi connectivity index (χ1v) is 17.5. The lowest BCUT2D eigenvalue weighted by Crippen LogP contribution is -1.93. The number of hydrogen-bond donors (Lipinski definition) is 0. The third kappa shape index (κ3) is 4.20. The van der Waals surface area contributed by atoms with Gasteiger partial charge in [0.25, 0.3) is 0 Å². The largest absolute Gasteiger partial charge is 0.455 e. The van der Waals surface area contributed by atoms with E-state index in [9.17, 15) is 0 Å². The van der Waals surface area contributed by atoms with Gasteiger partial charge in [0.2, 0.25) is 0 Å². The van der Waals surface area contributed by atoms with Gasteiger partial charge in [-0.3, -0.25) is 0 Å². The van der Waals surface area contributed by atoms with Crippen molar-refractivity contribution >= 4 is 75.9 Å². The molecule has 0 saturated heterocycles. The molecule has 0 N–H and O–H groups in total. The van der Waals surface area contributed by atoms with Crippen LogP contribution in [0.5, 0.6) is 0 Å². The average molecular weight is 648 g/mol. The Morgan fingerprint density at radius 3 is 1.80 bits per heavy atom. The Morgan fingerprint density at radius 1 is 0.353 bits per heavy atom. The van der Waals surface area contributed by atoms with Crippen LogP contribution in [0.25, 0.3) is 109 Å². The van der Waals surface area contributed by atoms with Crippen LogP contribution in [-0.4, -0.2) is 4.98 Å². The highest BCUT2D eigenvalue weighted by atomic mass is 16.3. The van der Waals surface area contributed by atoms with Crippen LogP contribution in [0.4, 0.5) is 0 Å². The minimum atomic E-state index is 0.908. The van der Waals surface area contributed by atoms with Crippen molar-refractivity contribution in [3.8, 4) is 33.5 Å². The van der Waals surface area contributed by atoms with E-state index in [1.54, 1.807) is 0 Å². The third-order valence-electron chi connectivity index (χ3n) is 10.6. The van der Waals surface area contributed by atoms with E-state index in [4.69, 9.17) is 9.40 Å². The highest BCUT2D eigenvalue weighted by Crippen LogP contribution is 2.45. The summed E-state index contributed by atoms with van der Waals surface area (Å²) >= 11 is 0. The minimum absolute atomic E-state index is 0.908. The number of pyridine rings is 1. The third-order valence-corrected chi connectivity index (χ3v) is 10.6. The van der Waals surface area contributed by atoms with E-state index >= 15 is 0 Å². The van der Waals surface area contributed by atoms with Crippen molar-refractivity contribution in [2.24, 2.45) is 0 Å². The Morgan fingerprint density at radius 2 is 0.980 bits per heavy atom. The van der Waals surface area contributed by atoms with Gasteiger partial charge in [-0.1, -0.05) is 146 Å². The summed E-state index contributed by atoms with van der Waals surface area (Å²) in [5.41, 5.74) is 9.49. The maximum absolute atomic E-state index is 6.83. The second-order valence-corrected chi connectivity index (χ2v) is 13.4. The average Bonchev–Trinajstić information content (AvgIpc) is 3.61. The monoisotopic (exact) mass is 647 g/mol. The normalized spacial score (nSPS) is 11.9. The summed E-state index contributed by atoms with van der Waals surface area (Å²) in [6.07, 6.45) is 0. The van der Waals surface area contributed by atoms with Crippen LogP contribution in [0, 0.1) is 0 Å². The molecule has 0 aliphatic carbocycles. The van der Waals surface area contributed by atoms with Gasteiger partial charge in [-0.2, -0.15) is 0 Å². The predicted molar refractivity (Wildman–Crippen MR) is 215 cm³/mol. The smallest absolute Gasteiger partial charge is 0.143 e. The molecule has 0 amide bonds. The molecule has 0 atom stereocenters. The topological polar surface area (TPSA) is 26.0 Å². The molecule has 0 bridgehead atoms. The summed E-state index contributed by atoms with van der Waals surface area (Å²) in [7, 11) is 0. The molecule has 0 saturated carbocycles. The Balaban J connectivity index is 1.21. The van der Waals surface area contributed by atoms with Gasteiger partial charge in [-0.05, 0) is 79.3 Å². The number of aromatic nitrogens is 1. The van der Waals surface area contributed by atoms with Crippen molar-refractivity contribution in [2.75, 3.05) is 0 Å². The van der Waals surface area contributed by atoms with Gasteiger partial charge in [0.05, 0.1) is 11.2 Å². The SMILES string of the molecule is c1ccc(-c2nc3ccccc3c3c2cc(-c2cccc(-c4cc5ccccc5c5c4oc4ccc6ccccc6c45)c2)c2ccccc23)cc1. The van der Waals surface area contributed by atoms with Crippen LogP contribution in [0.2, 0.25) is 0 Å². The van der Waals surface area contributed by atoms with E-state index in [-0.39, 0.29) is 0 Å². The van der Waals surface area contributed by atoms with Gasteiger partial charge < -0.3 is 4.42 Å². The van der Waals surface area contributed by atoms with Crippen LogP contribution in [0.15, 0.2) is 180 Å². The zero-order valence-electron chi connectivity index (χ0n) is 27.6. The van der Waals surface area contributed by atoms with E-state index < -0.39 is 0 Å². The van der Waals surface area contributed by atoms with Crippen molar-refractivity contribution in [2.45, 2.75) is 0 Å². The summed E-state index contributed by atoms with van der Waals surface area (Å²) < 4.78 is 6.83. The number of rotatable bonds is 3. The molecule has 51 heavy (non-hydrogen) atoms. The summed E-state index contributed by atoms with van der Waals surface area (Å²) in [4.78, 5) is 5.27. The number of fused-ring (bicyclic) bond motifs is 12. The van der Waals surface area contributed by atoms with Crippen LogP contribution in [-0.2, 0) is 0 Å². The Labute approximate surface area is 293 Å². The zero-order chi connectivity index (χ0) is 33.5. The first-order valence-electron chi connectivity index (χ1n) is 17.5. The first-order chi connectivity index (χ1) is 25.3. The number of nitrogens with zero attached hydrogens (tertiary/aromatic N) is 1. The van der Waals surface area contributed by atoms with Crippen LogP contribution < -0.4 is 0 Å². The number of furan rings is 1. The standard InChI is InChI=1S/C49H29NO/c1-2-14-31(15-3-1)48-42-29-40(37-21-8-9-22-38(37)45(42)39-23-10-11-24-43(39)50-48)32-17-12-18-33(27-32)41-28-34-16-5-7-20-36(34)47-46-35-19-6-4-13-30(35)25-26-44(46)51-49(41)47/h1-29H. The molecule has 2 aromatic heterocycles. The first kappa shape index (κ1) is 28.1. The molecule has 0 fully saturated rings. The molecule has 0 radical (unpaired) electrons.